The van der Waals surface area contributed by atoms with Crippen molar-refractivity contribution in [3.05, 3.63) is 137 Å². The molecule has 9 amide bonds. The number of para-hydroxylation sites is 1. The van der Waals surface area contributed by atoms with Crippen LogP contribution in [0.2, 0.25) is 0 Å². The van der Waals surface area contributed by atoms with Crippen LogP contribution in [0.3, 0.4) is 0 Å². The van der Waals surface area contributed by atoms with E-state index in [0.29, 0.717) is 148 Å². The van der Waals surface area contributed by atoms with Crippen LogP contribution < -0.4 is 58.3 Å². The molecule has 0 aliphatic carbocycles. The standard InChI is InChI=1S/C85H119N15O19/c1-6-7-12-31-88-78-77-68(94-82(86)96-78)29-33-98(77)54-66-22-19-62(51-72(66)110-5)53-97-57-85(58-97)59-99(34-36-119-85)84(108)118-56-61-20-25-67(26-21-61)91-79(104)69(17-13-32-89-83(87)107)93-81(106)76(60(2)3)95-80(105)70(92-74(102)27-28-75(103)100-55-65-16-9-8-14-63(65)23-24-64-15-10-11-18-71(64)100)52-90-73(101)30-35-111-39-40-113-43-44-115-47-48-117-50-49-116-46-45-114-42-41-112-38-37-109-4/h8-11,14-16,18-26,29,33,51,60,69-70,76H,6-7,12-13,17,27-28,30-32,34-50,52-59H2,1-5H3,(H,90,101)(H,91,104)(H,92,102)(H,93,106)(H,95,105)(H3,87,89,107)(H3,86,88,94,96)/b24-23-/t69-,70-,76-/m0/s1. The van der Waals surface area contributed by atoms with Crippen LogP contribution in [0.4, 0.5) is 32.7 Å². The number of aromatic nitrogens is 3. The number of morpholine rings is 1. The summed E-state index contributed by atoms with van der Waals surface area (Å²) in [6.07, 6.45) is 8.15. The minimum Gasteiger partial charge on any atom is -0.496 e. The molecule has 0 unspecified atom stereocenters. The van der Waals surface area contributed by atoms with Crippen LogP contribution in [0.25, 0.3) is 23.2 Å². The number of hydrogen-bond acceptors (Lipinski definition) is 24. The predicted molar refractivity (Wildman–Crippen MR) is 448 cm³/mol. The van der Waals surface area contributed by atoms with Gasteiger partial charge < -0.3 is 115 Å². The molecular formula is C85H119N15O19. The summed E-state index contributed by atoms with van der Waals surface area (Å²) in [7, 11) is 3.29. The van der Waals surface area contributed by atoms with Gasteiger partial charge in [-0.15, -0.1) is 0 Å². The maximum absolute atomic E-state index is 14.5. The summed E-state index contributed by atoms with van der Waals surface area (Å²) in [6, 6.07) is 25.2. The largest absolute Gasteiger partial charge is 0.496 e. The van der Waals surface area contributed by atoms with Gasteiger partial charge in [-0.25, -0.2) is 14.6 Å². The zero-order chi connectivity index (χ0) is 84.6. The van der Waals surface area contributed by atoms with Crippen molar-refractivity contribution in [2.75, 3.05) is 187 Å². The van der Waals surface area contributed by atoms with E-state index in [1.165, 1.54) is 0 Å². The molecule has 4 aromatic carbocycles. The molecule has 2 fully saturated rings. The Morgan fingerprint density at radius 1 is 0.613 bits per heavy atom. The third-order valence-corrected chi connectivity index (χ3v) is 20.0. The minimum absolute atomic E-state index is 0.00186. The first-order chi connectivity index (χ1) is 57.8. The van der Waals surface area contributed by atoms with E-state index in [4.69, 9.17) is 63.6 Å². The van der Waals surface area contributed by atoms with E-state index in [1.54, 1.807) is 62.1 Å². The number of ether oxygens (including phenoxy) is 11. The Balaban J connectivity index is 0.735. The number of primary amides is 1. The Labute approximate surface area is 695 Å². The van der Waals surface area contributed by atoms with Crippen LogP contribution in [0.15, 0.2) is 103 Å². The molecule has 9 rings (SSSR count). The smallest absolute Gasteiger partial charge is 0.410 e. The molecule has 11 N–H and O–H groups in total. The number of methoxy groups -OCH3 is 2. The Morgan fingerprint density at radius 3 is 1.92 bits per heavy atom. The number of nitrogens with one attached hydrogen (secondary N) is 7. The molecule has 3 aliphatic heterocycles. The zero-order valence-electron chi connectivity index (χ0n) is 69.1. The second kappa shape index (κ2) is 49.9. The Bertz CT molecular complexity index is 4240. The molecular weight excluding hydrogens is 1540 g/mol. The van der Waals surface area contributed by atoms with Crippen molar-refractivity contribution in [1.82, 2.24) is 50.9 Å². The Morgan fingerprint density at radius 2 is 1.26 bits per heavy atom. The van der Waals surface area contributed by atoms with E-state index < -0.39 is 77.8 Å². The number of carbonyl (C=O) groups is 8. The third kappa shape index (κ3) is 30.7. The summed E-state index contributed by atoms with van der Waals surface area (Å²) in [4.78, 5) is 125. The number of benzene rings is 4. The van der Waals surface area contributed by atoms with E-state index in [2.05, 4.69) is 81.8 Å². The molecule has 2 aromatic heterocycles. The molecule has 6 aromatic rings. The first-order valence-corrected chi connectivity index (χ1v) is 40.9. The minimum atomic E-state index is -1.46. The molecule has 3 aliphatic rings. The van der Waals surface area contributed by atoms with Crippen LogP contribution in [0.5, 0.6) is 5.75 Å². The number of nitrogens with two attached hydrogens (primary N) is 2. The van der Waals surface area contributed by atoms with Gasteiger partial charge in [-0.3, -0.25) is 33.7 Å². The van der Waals surface area contributed by atoms with Crippen molar-refractivity contribution in [2.45, 2.75) is 122 Å². The number of anilines is 4. The zero-order valence-corrected chi connectivity index (χ0v) is 69.1. The van der Waals surface area contributed by atoms with Gasteiger partial charge in [0.2, 0.25) is 41.4 Å². The van der Waals surface area contributed by atoms with E-state index in [1.807, 2.05) is 72.9 Å². The maximum atomic E-state index is 14.5. The Hall–Kier alpha value is -10.4. The fraction of sp³-hybridized carbons (Fsp3) is 0.529. The molecule has 34 heteroatoms. The van der Waals surface area contributed by atoms with Crippen molar-refractivity contribution in [2.24, 2.45) is 11.7 Å². The lowest BCUT2D eigenvalue weighted by Gasteiger charge is -2.53. The van der Waals surface area contributed by atoms with Gasteiger partial charge in [-0.1, -0.05) is 112 Å². The molecule has 5 heterocycles. The number of hydrogen-bond donors (Lipinski definition) is 9. The molecule has 34 nitrogen and oxygen atoms in total. The van der Waals surface area contributed by atoms with Crippen LogP contribution in [-0.2, 0) is 102 Å². The van der Waals surface area contributed by atoms with Crippen molar-refractivity contribution >= 4 is 93.9 Å². The monoisotopic (exact) mass is 1650 g/mol. The van der Waals surface area contributed by atoms with Gasteiger partial charge in [0.25, 0.3) is 0 Å². The lowest BCUT2D eigenvalue weighted by molar-refractivity contribution is -0.181. The van der Waals surface area contributed by atoms with Gasteiger partial charge in [0.15, 0.2) is 5.82 Å². The quantitative estimate of drug-likeness (QED) is 0.0193. The second-order valence-electron chi connectivity index (χ2n) is 29.5. The number of urea groups is 1. The fourth-order valence-corrected chi connectivity index (χ4v) is 13.7. The highest BCUT2D eigenvalue weighted by Gasteiger charge is 2.48. The van der Waals surface area contributed by atoms with Gasteiger partial charge in [-0.2, -0.15) is 4.98 Å². The molecule has 1 spiro atoms. The summed E-state index contributed by atoms with van der Waals surface area (Å²) in [5.41, 5.74) is 18.8. The summed E-state index contributed by atoms with van der Waals surface area (Å²) in [5.74, 6) is -2.71. The van der Waals surface area contributed by atoms with Crippen LogP contribution in [0.1, 0.15) is 106 Å². The highest BCUT2D eigenvalue weighted by atomic mass is 16.6. The van der Waals surface area contributed by atoms with Crippen LogP contribution >= 0.6 is 0 Å². The normalized spacial score (nSPS) is 14.6. The second-order valence-corrected chi connectivity index (χ2v) is 29.5. The number of unbranched alkanes of at least 4 members (excludes halogenated alkanes) is 2. The van der Waals surface area contributed by atoms with Gasteiger partial charge in [0.05, 0.1) is 144 Å². The number of carbonyl (C=O) groups excluding carboxylic acids is 8. The van der Waals surface area contributed by atoms with Gasteiger partial charge in [-0.05, 0) is 83.3 Å². The molecule has 3 atom stereocenters. The van der Waals surface area contributed by atoms with E-state index >= 15 is 0 Å². The number of nitrogen functional groups attached to an aromatic ring is 1. The summed E-state index contributed by atoms with van der Waals surface area (Å²) in [6.45, 7) is 15.1. The van der Waals surface area contributed by atoms with E-state index in [-0.39, 0.29) is 83.5 Å². The van der Waals surface area contributed by atoms with E-state index in [0.717, 1.165) is 70.4 Å². The SMILES string of the molecule is CCCCCNc1nc(N)nc2ccn(Cc3ccc(CN4CC5(C4)CN(C(=O)OCc4ccc(NC(=O)[C@H](CCCNC(N)=O)NC(=O)[C@@H](NC(=O)[C@H](CNC(=O)CCOCCOCCOCCOCCOCCOCCOCCOC)NC(=O)CCC(=O)N6Cc7ccccc7/C=C\c7ccccc76)C(C)C)cc4)CCO5)cc3OC)c12. The first kappa shape index (κ1) is 92.5. The van der Waals surface area contributed by atoms with Crippen molar-refractivity contribution in [3.8, 4) is 5.75 Å². The first-order valence-electron chi connectivity index (χ1n) is 40.9. The molecule has 2 saturated heterocycles. The van der Waals surface area contributed by atoms with Gasteiger partial charge >= 0.3 is 12.1 Å². The molecule has 648 valence electrons. The number of likely N-dealkylation sites (tertiary alicyclic amines) is 1. The highest BCUT2D eigenvalue weighted by Crippen LogP contribution is 2.34. The number of nitrogens with zero attached hydrogens (tertiary/aromatic N) is 6. The number of amides is 9. The maximum Gasteiger partial charge on any atom is 0.410 e. The molecule has 0 bridgehead atoms. The molecule has 119 heavy (non-hydrogen) atoms. The summed E-state index contributed by atoms with van der Waals surface area (Å²) >= 11 is 0. The molecule has 0 saturated carbocycles. The van der Waals surface area contributed by atoms with Gasteiger partial charge in [0.1, 0.15) is 41.6 Å². The van der Waals surface area contributed by atoms with Crippen LogP contribution in [0, 0.1) is 5.92 Å². The molecule has 0 radical (unpaired) electrons. The average Bonchev–Trinajstić information content (AvgIpc) is 1.68. The highest BCUT2D eigenvalue weighted by molar-refractivity contribution is 6.01. The third-order valence-electron chi connectivity index (χ3n) is 20.0. The van der Waals surface area contributed by atoms with Crippen LogP contribution in [-0.4, -0.2) is 261 Å². The van der Waals surface area contributed by atoms with Crippen molar-refractivity contribution < 1.29 is 90.5 Å². The average molecular weight is 1650 g/mol. The van der Waals surface area contributed by atoms with Crippen molar-refractivity contribution in [1.29, 1.82) is 0 Å². The number of fused-ring (bicyclic) bond motifs is 3. The van der Waals surface area contributed by atoms with Gasteiger partial charge in [0, 0.05) is 89.6 Å². The summed E-state index contributed by atoms with van der Waals surface area (Å²) < 4.78 is 63.8. The topological polar surface area (TPSA) is 415 Å². The Kier molecular flexibility index (Phi) is 38.7. The lowest BCUT2D eigenvalue weighted by atomic mass is 9.91. The predicted octanol–water partition coefficient (Wildman–Crippen LogP) is 6.16. The summed E-state index contributed by atoms with van der Waals surface area (Å²) in [5, 5.41) is 19.7. The van der Waals surface area contributed by atoms with Crippen molar-refractivity contribution in [3.63, 3.8) is 0 Å². The van der Waals surface area contributed by atoms with E-state index in [9.17, 15) is 38.4 Å². The lowest BCUT2D eigenvalue weighted by Crippen LogP contribution is -2.70. The fourth-order valence-electron chi connectivity index (χ4n) is 13.7. The number of rotatable bonds is 53.